The molecule has 2 heterocycles. The molecule has 0 aliphatic rings. The normalized spacial score (nSPS) is 12.2. The van der Waals surface area contributed by atoms with Gasteiger partial charge in [0.15, 0.2) is 0 Å². The molecule has 0 saturated carbocycles. The average Bonchev–Trinajstić information content (AvgIpc) is 3.21. The third kappa shape index (κ3) is 5.40. The molecule has 0 radical (unpaired) electrons. The minimum atomic E-state index is -4.48. The van der Waals surface area contributed by atoms with Gasteiger partial charge >= 0.3 is 12.1 Å². The summed E-state index contributed by atoms with van der Waals surface area (Å²) in [6, 6.07) is 15.7. The Morgan fingerprint density at radius 3 is 2.70 bits per heavy atom. The number of hydrogen-bond donors (Lipinski definition) is 1. The van der Waals surface area contributed by atoms with Crippen LogP contribution in [0.4, 0.5) is 13.2 Å². The van der Waals surface area contributed by atoms with Crippen molar-refractivity contribution < 1.29 is 27.8 Å². The van der Waals surface area contributed by atoms with Crippen molar-refractivity contribution in [1.29, 1.82) is 0 Å². The van der Waals surface area contributed by atoms with Gasteiger partial charge in [0.25, 0.3) is 0 Å². The highest BCUT2D eigenvalue weighted by molar-refractivity contribution is 7.17. The summed E-state index contributed by atoms with van der Waals surface area (Å²) in [5, 5.41) is 12.9. The molecule has 0 atom stereocenters. The molecule has 0 amide bonds. The molecule has 168 valence electrons. The quantitative estimate of drug-likeness (QED) is 0.263. The van der Waals surface area contributed by atoms with Crippen LogP contribution in [-0.2, 0) is 28.7 Å². The number of alkyl halides is 3. The number of aromatic nitrogens is 1. The van der Waals surface area contributed by atoms with Gasteiger partial charge in [-0.1, -0.05) is 36.4 Å². The average molecular weight is 469 g/mol. The molecule has 4 nitrogen and oxygen atoms in total. The zero-order chi connectivity index (χ0) is 23.4. The molecular formula is C25H18F3NO3S. The molecule has 0 bridgehead atoms. The lowest BCUT2D eigenvalue weighted by molar-refractivity contribution is -0.140. The second-order valence-electron chi connectivity index (χ2n) is 7.29. The van der Waals surface area contributed by atoms with Gasteiger partial charge in [0, 0.05) is 28.5 Å². The molecule has 0 aliphatic heterocycles. The highest BCUT2D eigenvalue weighted by Crippen LogP contribution is 2.31. The molecule has 2 aromatic heterocycles. The summed E-state index contributed by atoms with van der Waals surface area (Å²) < 4.78 is 45.3. The van der Waals surface area contributed by atoms with Crippen LogP contribution in [0.25, 0.3) is 16.2 Å². The van der Waals surface area contributed by atoms with Crippen LogP contribution in [0.1, 0.15) is 22.3 Å². The predicted molar refractivity (Wildman–Crippen MR) is 121 cm³/mol. The molecule has 1 N–H and O–H groups in total. The lowest BCUT2D eigenvalue weighted by Gasteiger charge is -2.11. The first-order valence-electron chi connectivity index (χ1n) is 9.94. The highest BCUT2D eigenvalue weighted by atomic mass is 32.1. The molecule has 0 saturated heterocycles. The summed E-state index contributed by atoms with van der Waals surface area (Å²) >= 11 is 1.53. The Morgan fingerprint density at radius 2 is 1.91 bits per heavy atom. The fourth-order valence-corrected chi connectivity index (χ4v) is 4.25. The summed E-state index contributed by atoms with van der Waals surface area (Å²) in [7, 11) is 0. The lowest BCUT2D eigenvalue weighted by atomic mass is 10.0. The van der Waals surface area contributed by atoms with Gasteiger partial charge in [-0.2, -0.15) is 13.2 Å². The van der Waals surface area contributed by atoms with E-state index in [2.05, 4.69) is 4.98 Å². The number of benzene rings is 2. The van der Waals surface area contributed by atoms with Crippen LogP contribution >= 0.6 is 11.3 Å². The molecule has 2 aromatic carbocycles. The van der Waals surface area contributed by atoms with E-state index in [-0.39, 0.29) is 30.0 Å². The maximum Gasteiger partial charge on any atom is 0.416 e. The van der Waals surface area contributed by atoms with Crippen molar-refractivity contribution in [3.63, 3.8) is 0 Å². The van der Waals surface area contributed by atoms with Crippen molar-refractivity contribution in [2.24, 2.45) is 0 Å². The van der Waals surface area contributed by atoms with E-state index in [0.29, 0.717) is 5.56 Å². The van der Waals surface area contributed by atoms with E-state index in [1.165, 1.54) is 29.7 Å². The van der Waals surface area contributed by atoms with Crippen LogP contribution in [0, 0.1) is 0 Å². The van der Waals surface area contributed by atoms with Gasteiger partial charge < -0.3 is 9.84 Å². The van der Waals surface area contributed by atoms with E-state index in [0.717, 1.165) is 27.8 Å². The Hall–Kier alpha value is -3.65. The van der Waals surface area contributed by atoms with Gasteiger partial charge in [-0.25, -0.2) is 9.78 Å². The minimum Gasteiger partial charge on any atom is -0.493 e. The third-order valence-corrected chi connectivity index (χ3v) is 5.96. The van der Waals surface area contributed by atoms with E-state index < -0.39 is 17.7 Å². The number of rotatable bonds is 6. The molecule has 0 unspecified atom stereocenters. The van der Waals surface area contributed by atoms with Crippen LogP contribution in [0.5, 0.6) is 5.88 Å². The number of thiophene rings is 1. The van der Waals surface area contributed by atoms with Crippen molar-refractivity contribution in [1.82, 2.24) is 4.98 Å². The zero-order valence-electron chi connectivity index (χ0n) is 17.2. The van der Waals surface area contributed by atoms with Crippen molar-refractivity contribution in [2.75, 3.05) is 0 Å². The van der Waals surface area contributed by atoms with Gasteiger partial charge in [-0.3, -0.25) is 0 Å². The fraction of sp³-hybridized carbons (Fsp3) is 0.120. The smallest absolute Gasteiger partial charge is 0.416 e. The molecule has 4 aromatic rings. The summed E-state index contributed by atoms with van der Waals surface area (Å²) in [6.45, 7) is -0.316. The first-order valence-corrected chi connectivity index (χ1v) is 10.8. The molecular weight excluding hydrogens is 451 g/mol. The lowest BCUT2D eigenvalue weighted by Crippen LogP contribution is -2.11. The van der Waals surface area contributed by atoms with Crippen LogP contribution in [0.15, 0.2) is 77.8 Å². The Kier molecular flexibility index (Phi) is 6.46. The Morgan fingerprint density at radius 1 is 1.09 bits per heavy atom. The number of aromatic hydroxyl groups is 1. The number of esters is 1. The van der Waals surface area contributed by atoms with Crippen molar-refractivity contribution >= 4 is 33.5 Å². The maximum absolute atomic E-state index is 13.0. The van der Waals surface area contributed by atoms with Crippen LogP contribution < -0.4 is 0 Å². The standard InChI is InChI=1S/C25H18F3NO3S/c26-25(27,28)20-7-3-5-16(11-20)14-32-24(31)18(12-17-6-4-10-29-23(17)30)13-19-15-33-22-9-2-1-8-21(19)22/h1-11,13,15H,12,14H2,(H,29,30)/b18-13-. The number of halogens is 3. The predicted octanol–water partition coefficient (Wildman–Crippen LogP) is 6.39. The number of ether oxygens (including phenoxy) is 1. The van der Waals surface area contributed by atoms with Gasteiger partial charge in [0.05, 0.1) is 5.56 Å². The SMILES string of the molecule is O=C(OCc1cccc(C(F)(F)F)c1)/C(=C\c1csc2ccccc12)Cc1cccnc1O. The van der Waals surface area contributed by atoms with E-state index in [1.807, 2.05) is 29.6 Å². The van der Waals surface area contributed by atoms with Crippen LogP contribution in [-0.4, -0.2) is 16.1 Å². The molecule has 33 heavy (non-hydrogen) atoms. The number of nitrogens with zero attached hydrogens (tertiary/aromatic N) is 1. The highest BCUT2D eigenvalue weighted by Gasteiger charge is 2.30. The van der Waals surface area contributed by atoms with Gasteiger partial charge in [-0.15, -0.1) is 11.3 Å². The third-order valence-electron chi connectivity index (χ3n) is 4.98. The molecule has 0 aliphatic carbocycles. The van der Waals surface area contributed by atoms with E-state index in [1.54, 1.807) is 18.2 Å². The van der Waals surface area contributed by atoms with Crippen LogP contribution in [0.2, 0.25) is 0 Å². The topological polar surface area (TPSA) is 59.4 Å². The Balaban J connectivity index is 1.62. The summed E-state index contributed by atoms with van der Waals surface area (Å²) in [6.07, 6.45) is -1.32. The summed E-state index contributed by atoms with van der Waals surface area (Å²) in [5.41, 5.74) is 0.901. The number of carbonyl (C=O) groups is 1. The first-order chi connectivity index (χ1) is 15.8. The zero-order valence-corrected chi connectivity index (χ0v) is 18.0. The molecule has 0 fully saturated rings. The van der Waals surface area contributed by atoms with E-state index >= 15 is 0 Å². The first kappa shape index (κ1) is 22.5. The fourth-order valence-electron chi connectivity index (χ4n) is 3.33. The van der Waals surface area contributed by atoms with Gasteiger partial charge in [0.1, 0.15) is 6.61 Å². The molecule has 8 heteroatoms. The van der Waals surface area contributed by atoms with Gasteiger partial charge in [-0.05, 0) is 52.2 Å². The number of carbonyl (C=O) groups excluding carboxylic acids is 1. The Bertz CT molecular complexity index is 1330. The largest absolute Gasteiger partial charge is 0.493 e. The second-order valence-corrected chi connectivity index (χ2v) is 8.21. The molecule has 4 rings (SSSR count). The minimum absolute atomic E-state index is 0.0469. The number of hydrogen-bond acceptors (Lipinski definition) is 5. The number of pyridine rings is 1. The van der Waals surface area contributed by atoms with Crippen LogP contribution in [0.3, 0.4) is 0 Å². The number of fused-ring (bicyclic) bond motifs is 1. The monoisotopic (exact) mass is 469 g/mol. The van der Waals surface area contributed by atoms with E-state index in [4.69, 9.17) is 4.74 Å². The van der Waals surface area contributed by atoms with Crippen molar-refractivity contribution in [3.05, 3.63) is 100 Å². The maximum atomic E-state index is 13.0. The summed E-state index contributed by atoms with van der Waals surface area (Å²) in [4.78, 5) is 16.8. The Labute approximate surface area is 191 Å². The van der Waals surface area contributed by atoms with Crippen molar-refractivity contribution in [3.8, 4) is 5.88 Å². The summed E-state index contributed by atoms with van der Waals surface area (Å²) in [5.74, 6) is -0.893. The second kappa shape index (κ2) is 9.46. The van der Waals surface area contributed by atoms with E-state index in [9.17, 15) is 23.1 Å². The van der Waals surface area contributed by atoms with Gasteiger partial charge in [0.2, 0.25) is 5.88 Å². The van der Waals surface area contributed by atoms with Crippen molar-refractivity contribution in [2.45, 2.75) is 19.2 Å². The molecule has 0 spiro atoms.